The molecular formula is C22H28ClN3O3. The van der Waals surface area contributed by atoms with Gasteiger partial charge in [-0.25, -0.2) is 0 Å². The van der Waals surface area contributed by atoms with Crippen molar-refractivity contribution >= 4 is 35.0 Å². The van der Waals surface area contributed by atoms with E-state index in [1.54, 1.807) is 18.2 Å². The maximum Gasteiger partial charge on any atom is 0.243 e. The van der Waals surface area contributed by atoms with Crippen molar-refractivity contribution in [2.45, 2.75) is 45.4 Å². The lowest BCUT2D eigenvalue weighted by molar-refractivity contribution is -0.147. The van der Waals surface area contributed by atoms with Crippen LogP contribution >= 0.6 is 11.6 Å². The Morgan fingerprint density at radius 2 is 1.55 bits per heavy atom. The van der Waals surface area contributed by atoms with E-state index >= 15 is 0 Å². The molecule has 4 saturated carbocycles. The Morgan fingerprint density at radius 1 is 0.966 bits per heavy atom. The van der Waals surface area contributed by atoms with E-state index in [1.807, 2.05) is 6.92 Å². The summed E-state index contributed by atoms with van der Waals surface area (Å²) in [5.41, 5.74) is 1.12. The number of carbonyl (C=O) groups is 3. The highest BCUT2D eigenvalue weighted by Crippen LogP contribution is 2.60. The minimum Gasteiger partial charge on any atom is -0.347 e. The van der Waals surface area contributed by atoms with Gasteiger partial charge in [0.25, 0.3) is 0 Å². The van der Waals surface area contributed by atoms with Crippen LogP contribution in [-0.4, -0.2) is 30.8 Å². The van der Waals surface area contributed by atoms with E-state index in [0.717, 1.165) is 24.8 Å². The summed E-state index contributed by atoms with van der Waals surface area (Å²) in [6, 6.07) is 5.26. The quantitative estimate of drug-likeness (QED) is 0.664. The van der Waals surface area contributed by atoms with Crippen molar-refractivity contribution in [3.63, 3.8) is 0 Å². The maximum absolute atomic E-state index is 12.9. The first-order chi connectivity index (χ1) is 13.8. The second-order valence-corrected chi connectivity index (χ2v) is 9.53. The summed E-state index contributed by atoms with van der Waals surface area (Å²) in [7, 11) is 0. The molecule has 6 nitrogen and oxygen atoms in total. The second-order valence-electron chi connectivity index (χ2n) is 9.12. The van der Waals surface area contributed by atoms with E-state index in [1.165, 1.54) is 19.3 Å². The van der Waals surface area contributed by atoms with Gasteiger partial charge in [0.2, 0.25) is 17.7 Å². The van der Waals surface area contributed by atoms with Crippen LogP contribution in [0.1, 0.15) is 44.1 Å². The van der Waals surface area contributed by atoms with Gasteiger partial charge in [-0.1, -0.05) is 17.7 Å². The van der Waals surface area contributed by atoms with Crippen LogP contribution in [0.3, 0.4) is 0 Å². The molecular weight excluding hydrogens is 390 g/mol. The third-order valence-electron chi connectivity index (χ3n) is 6.92. The monoisotopic (exact) mass is 417 g/mol. The molecule has 0 heterocycles. The van der Waals surface area contributed by atoms with Crippen LogP contribution in [0.5, 0.6) is 0 Å². The summed E-state index contributed by atoms with van der Waals surface area (Å²) in [5.74, 6) is 1.36. The van der Waals surface area contributed by atoms with Crippen molar-refractivity contribution in [1.29, 1.82) is 0 Å². The highest BCUT2D eigenvalue weighted by Gasteiger charge is 2.54. The molecule has 0 spiro atoms. The van der Waals surface area contributed by atoms with Gasteiger partial charge in [-0.05, 0) is 80.9 Å². The summed E-state index contributed by atoms with van der Waals surface area (Å²) in [6.07, 6.45) is 6.71. The van der Waals surface area contributed by atoms with Gasteiger partial charge in [0.05, 0.1) is 13.1 Å². The predicted octanol–water partition coefficient (Wildman–Crippen LogP) is 3.04. The van der Waals surface area contributed by atoms with Crippen LogP contribution < -0.4 is 16.0 Å². The van der Waals surface area contributed by atoms with Crippen molar-refractivity contribution in [3.8, 4) is 0 Å². The van der Waals surface area contributed by atoms with Crippen molar-refractivity contribution in [3.05, 3.63) is 28.8 Å². The second kappa shape index (κ2) is 7.98. The highest BCUT2D eigenvalue weighted by atomic mass is 35.5. The average molecular weight is 418 g/mol. The Bertz CT molecular complexity index is 803. The normalized spacial score (nSPS) is 29.4. The first-order valence-electron chi connectivity index (χ1n) is 10.4. The minimum absolute atomic E-state index is 0.0192. The van der Waals surface area contributed by atoms with Crippen LogP contribution in [0, 0.1) is 30.1 Å². The molecule has 4 fully saturated rings. The fraction of sp³-hybridized carbons (Fsp3) is 0.591. The lowest BCUT2D eigenvalue weighted by atomic mass is 9.49. The third-order valence-corrected chi connectivity index (χ3v) is 7.33. The molecule has 3 N–H and O–H groups in total. The number of rotatable bonds is 6. The Labute approximate surface area is 176 Å². The van der Waals surface area contributed by atoms with Crippen molar-refractivity contribution in [1.82, 2.24) is 10.6 Å². The summed E-state index contributed by atoms with van der Waals surface area (Å²) in [6.45, 7) is 1.57. The van der Waals surface area contributed by atoms with Crippen LogP contribution in [0.25, 0.3) is 0 Å². The molecule has 156 valence electrons. The van der Waals surface area contributed by atoms with Crippen molar-refractivity contribution in [2.24, 2.45) is 23.2 Å². The smallest absolute Gasteiger partial charge is 0.243 e. The highest BCUT2D eigenvalue weighted by molar-refractivity contribution is 6.31. The van der Waals surface area contributed by atoms with Gasteiger partial charge in [0.15, 0.2) is 0 Å². The molecule has 1 aromatic rings. The first kappa shape index (κ1) is 20.2. The zero-order chi connectivity index (χ0) is 20.6. The number of anilines is 1. The molecule has 0 aliphatic heterocycles. The standard InChI is InChI=1S/C22H28ClN3O3/c1-13-17(23)3-2-4-18(13)26-20(28)12-24-19(27)11-25-21(29)22-8-14-5-15(9-22)7-16(6-14)10-22/h2-4,14-16H,5-12H2,1H3,(H,24,27)(H,25,29)(H,26,28). The molecule has 0 aromatic heterocycles. The van der Waals surface area contributed by atoms with Gasteiger partial charge in [-0.3, -0.25) is 14.4 Å². The number of amides is 3. The van der Waals surface area contributed by atoms with Crippen LogP contribution in [0.15, 0.2) is 18.2 Å². The van der Waals surface area contributed by atoms with E-state index in [4.69, 9.17) is 11.6 Å². The zero-order valence-corrected chi connectivity index (χ0v) is 17.5. The summed E-state index contributed by atoms with van der Waals surface area (Å²) in [5, 5.41) is 8.70. The van der Waals surface area contributed by atoms with Crippen molar-refractivity contribution in [2.75, 3.05) is 18.4 Å². The molecule has 0 saturated heterocycles. The summed E-state index contributed by atoms with van der Waals surface area (Å²) >= 11 is 6.05. The number of hydrogen-bond acceptors (Lipinski definition) is 3. The molecule has 7 heteroatoms. The number of carbonyl (C=O) groups excluding carboxylic acids is 3. The fourth-order valence-electron chi connectivity index (χ4n) is 5.92. The van der Waals surface area contributed by atoms with E-state index in [2.05, 4.69) is 16.0 Å². The van der Waals surface area contributed by atoms with E-state index in [-0.39, 0.29) is 36.2 Å². The lowest BCUT2D eigenvalue weighted by Crippen LogP contribution is -2.54. The lowest BCUT2D eigenvalue weighted by Gasteiger charge is -2.55. The van der Waals surface area contributed by atoms with Gasteiger partial charge in [-0.15, -0.1) is 0 Å². The van der Waals surface area contributed by atoms with Gasteiger partial charge in [0, 0.05) is 16.1 Å². The molecule has 5 rings (SSSR count). The van der Waals surface area contributed by atoms with Gasteiger partial charge < -0.3 is 16.0 Å². The summed E-state index contributed by atoms with van der Waals surface area (Å²) in [4.78, 5) is 37.1. The molecule has 3 amide bonds. The van der Waals surface area contributed by atoms with Crippen molar-refractivity contribution < 1.29 is 14.4 Å². The van der Waals surface area contributed by atoms with Gasteiger partial charge in [0.1, 0.15) is 0 Å². The summed E-state index contributed by atoms with van der Waals surface area (Å²) < 4.78 is 0. The Balaban J connectivity index is 1.23. The Kier molecular flexibility index (Phi) is 5.56. The van der Waals surface area contributed by atoms with Crippen LogP contribution in [-0.2, 0) is 14.4 Å². The topological polar surface area (TPSA) is 87.3 Å². The first-order valence-corrected chi connectivity index (χ1v) is 10.8. The van der Waals surface area contributed by atoms with E-state index in [9.17, 15) is 14.4 Å². The SMILES string of the molecule is Cc1c(Cl)cccc1NC(=O)CNC(=O)CNC(=O)C12CC3CC(CC(C3)C1)C2. The largest absolute Gasteiger partial charge is 0.347 e. The number of nitrogens with one attached hydrogen (secondary N) is 3. The molecule has 0 atom stereocenters. The minimum atomic E-state index is -0.360. The maximum atomic E-state index is 12.9. The molecule has 0 radical (unpaired) electrons. The van der Waals surface area contributed by atoms with Gasteiger partial charge >= 0.3 is 0 Å². The predicted molar refractivity (Wildman–Crippen MR) is 111 cm³/mol. The molecule has 4 aliphatic rings. The molecule has 4 bridgehead atoms. The number of halogens is 1. The van der Waals surface area contributed by atoms with E-state index in [0.29, 0.717) is 28.5 Å². The van der Waals surface area contributed by atoms with E-state index < -0.39 is 0 Å². The third kappa shape index (κ3) is 4.27. The Morgan fingerprint density at radius 3 is 2.17 bits per heavy atom. The molecule has 0 unspecified atom stereocenters. The van der Waals surface area contributed by atoms with Crippen LogP contribution in [0.2, 0.25) is 5.02 Å². The fourth-order valence-corrected chi connectivity index (χ4v) is 6.09. The number of benzene rings is 1. The number of hydrogen-bond donors (Lipinski definition) is 3. The Hall–Kier alpha value is -2.08. The molecule has 4 aliphatic carbocycles. The molecule has 29 heavy (non-hydrogen) atoms. The average Bonchev–Trinajstić information content (AvgIpc) is 2.67. The zero-order valence-electron chi connectivity index (χ0n) is 16.7. The van der Waals surface area contributed by atoms with Gasteiger partial charge in [-0.2, -0.15) is 0 Å². The van der Waals surface area contributed by atoms with Crippen LogP contribution in [0.4, 0.5) is 5.69 Å². The molecule has 1 aromatic carbocycles.